The summed E-state index contributed by atoms with van der Waals surface area (Å²) >= 11 is 0. The molecule has 1 aromatic carbocycles. The van der Waals surface area contributed by atoms with E-state index in [1.807, 2.05) is 7.11 Å². The number of hydrogen-bond donors (Lipinski definition) is 0. The Morgan fingerprint density at radius 1 is 0.828 bits per heavy atom. The Kier molecular flexibility index (Phi) is 7.14. The van der Waals surface area contributed by atoms with Gasteiger partial charge in [-0.1, -0.05) is 82.9 Å². The van der Waals surface area contributed by atoms with Crippen LogP contribution in [0.5, 0.6) is 5.75 Å². The molecule has 0 radical (unpaired) electrons. The Morgan fingerprint density at radius 3 is 2.03 bits per heavy atom. The van der Waals surface area contributed by atoms with E-state index in [0.29, 0.717) is 0 Å². The van der Waals surface area contributed by atoms with E-state index in [9.17, 15) is 0 Å². The molecule has 0 spiro atoms. The lowest BCUT2D eigenvalue weighted by Gasteiger charge is -2.52. The summed E-state index contributed by atoms with van der Waals surface area (Å²) in [4.78, 5) is 0. The number of methoxy groups -OCH3 is 2. The molecule has 0 aliphatic heterocycles. The van der Waals surface area contributed by atoms with E-state index in [2.05, 4.69) is 48.6 Å². The molecule has 0 amide bonds. The predicted molar refractivity (Wildman–Crippen MR) is 124 cm³/mol. The monoisotopic (exact) mass is 412 g/mol. The molecule has 29 heavy (non-hydrogen) atoms. The molecule has 0 heterocycles. The second-order valence-electron chi connectivity index (χ2n) is 8.91. The van der Waals surface area contributed by atoms with Gasteiger partial charge in [-0.05, 0) is 49.1 Å². The van der Waals surface area contributed by atoms with Crippen LogP contribution in [0.3, 0.4) is 0 Å². The van der Waals surface area contributed by atoms with Gasteiger partial charge in [0.05, 0.1) is 7.11 Å². The number of rotatable bonds is 6. The average Bonchev–Trinajstić information content (AvgIpc) is 2.81. The third-order valence-electron chi connectivity index (χ3n) is 7.34. The number of benzene rings is 1. The Morgan fingerprint density at radius 2 is 1.45 bits per heavy atom. The summed E-state index contributed by atoms with van der Waals surface area (Å²) in [5, 5.41) is -0.220. The van der Waals surface area contributed by atoms with Gasteiger partial charge in [-0.2, -0.15) is 0 Å². The van der Waals surface area contributed by atoms with Crippen LogP contribution in [0.25, 0.3) is 0 Å². The first-order chi connectivity index (χ1) is 14.3. The summed E-state index contributed by atoms with van der Waals surface area (Å²) in [6, 6.07) is 8.57. The lowest BCUT2D eigenvalue weighted by Crippen LogP contribution is -2.42. The van der Waals surface area contributed by atoms with E-state index in [0.717, 1.165) is 17.1 Å². The molecule has 2 saturated carbocycles. The van der Waals surface area contributed by atoms with E-state index >= 15 is 0 Å². The van der Waals surface area contributed by atoms with Gasteiger partial charge in [0, 0.05) is 18.6 Å². The molecule has 2 unspecified atom stereocenters. The van der Waals surface area contributed by atoms with Gasteiger partial charge in [-0.15, -0.1) is 0 Å². The van der Waals surface area contributed by atoms with Crippen LogP contribution in [-0.2, 0) is 4.74 Å². The quantitative estimate of drug-likeness (QED) is 0.453. The summed E-state index contributed by atoms with van der Waals surface area (Å²) in [7, 11) is 3.46. The normalized spacial score (nSPS) is 28.7. The first-order valence-corrected chi connectivity index (χ1v) is 13.1. The van der Waals surface area contributed by atoms with Crippen LogP contribution < -0.4 is 4.74 Å². The number of para-hydroxylation sites is 1. The van der Waals surface area contributed by atoms with Crippen molar-refractivity contribution in [2.45, 2.75) is 86.8 Å². The summed E-state index contributed by atoms with van der Waals surface area (Å²) < 4.78 is 12.4. The lowest BCUT2D eigenvalue weighted by molar-refractivity contribution is 0.0887. The molecule has 3 aliphatic rings. The van der Waals surface area contributed by atoms with Crippen molar-refractivity contribution in [1.82, 2.24) is 0 Å². The predicted octanol–water partition coefficient (Wildman–Crippen LogP) is 7.39. The van der Waals surface area contributed by atoms with Gasteiger partial charge in [0.2, 0.25) is 0 Å². The molecule has 158 valence electrons. The minimum Gasteiger partial charge on any atom is -0.496 e. The van der Waals surface area contributed by atoms with Gasteiger partial charge < -0.3 is 9.47 Å². The van der Waals surface area contributed by atoms with Crippen molar-refractivity contribution in [2.75, 3.05) is 14.2 Å². The van der Waals surface area contributed by atoms with Crippen molar-refractivity contribution in [3.05, 3.63) is 54.1 Å². The van der Waals surface area contributed by atoms with Crippen LogP contribution in [0.1, 0.15) is 75.7 Å². The highest BCUT2D eigenvalue weighted by Gasteiger charge is 2.51. The zero-order chi connectivity index (χ0) is 20.1. The highest BCUT2D eigenvalue weighted by molar-refractivity contribution is 7.61. The maximum absolute atomic E-state index is 6.65. The molecular formula is C26H37O2P. The Hall–Kier alpha value is -1.11. The Labute approximate surface area is 178 Å². The van der Waals surface area contributed by atoms with E-state index < -0.39 is 0 Å². The second-order valence-corrected chi connectivity index (χ2v) is 11.9. The van der Waals surface area contributed by atoms with Gasteiger partial charge in [-0.25, -0.2) is 0 Å². The summed E-state index contributed by atoms with van der Waals surface area (Å²) in [6.45, 7) is 0. The molecule has 0 N–H and O–H groups in total. The number of ether oxygens (including phenoxy) is 2. The molecule has 2 atom stereocenters. The van der Waals surface area contributed by atoms with Gasteiger partial charge in [0.1, 0.15) is 11.1 Å². The van der Waals surface area contributed by atoms with Crippen LogP contribution >= 0.6 is 7.92 Å². The van der Waals surface area contributed by atoms with Gasteiger partial charge >= 0.3 is 0 Å². The van der Waals surface area contributed by atoms with Crippen molar-refractivity contribution in [1.29, 1.82) is 0 Å². The zero-order valence-corrected chi connectivity index (χ0v) is 19.1. The highest BCUT2D eigenvalue weighted by Crippen LogP contribution is 2.69. The van der Waals surface area contributed by atoms with E-state index in [1.54, 1.807) is 7.11 Å². The molecule has 1 aromatic rings. The van der Waals surface area contributed by atoms with Crippen LogP contribution in [-0.4, -0.2) is 30.9 Å². The minimum absolute atomic E-state index is 0.220. The fourth-order valence-electron chi connectivity index (χ4n) is 5.99. The Bertz CT molecular complexity index is 697. The van der Waals surface area contributed by atoms with Crippen LogP contribution in [0.2, 0.25) is 0 Å². The molecule has 0 aromatic heterocycles. The van der Waals surface area contributed by atoms with E-state index in [1.165, 1.54) is 69.8 Å². The molecule has 4 rings (SSSR count). The molecule has 3 heteroatoms. The highest BCUT2D eigenvalue weighted by atomic mass is 31.1. The number of allylic oxidation sites excluding steroid dienone is 2. The minimum atomic E-state index is -0.296. The molecule has 0 bridgehead atoms. The maximum atomic E-state index is 6.65. The van der Waals surface area contributed by atoms with Crippen molar-refractivity contribution >= 4 is 7.92 Å². The summed E-state index contributed by atoms with van der Waals surface area (Å²) in [5.74, 6) is 1.21. The third kappa shape index (κ3) is 4.21. The molecule has 0 saturated heterocycles. The zero-order valence-electron chi connectivity index (χ0n) is 18.2. The summed E-state index contributed by atoms with van der Waals surface area (Å²) in [5.41, 5.74) is 2.93. The van der Waals surface area contributed by atoms with Crippen LogP contribution in [0, 0.1) is 0 Å². The van der Waals surface area contributed by atoms with Crippen molar-refractivity contribution in [2.24, 2.45) is 0 Å². The average molecular weight is 413 g/mol. The standard InChI is InChI=1S/C26H37O2P/c1-27-25-19-10-9-17-23(25)24-18-11-12-20-26(24,28-2)29(21-13-5-3-6-14-21)22-15-7-4-8-16-22/h9-12,17-22,24H,3-8,13-16H2,1-2H3. The fourth-order valence-corrected chi connectivity index (χ4v) is 10.6. The first-order valence-electron chi connectivity index (χ1n) is 11.6. The van der Waals surface area contributed by atoms with Crippen LogP contribution in [0.15, 0.2) is 48.6 Å². The van der Waals surface area contributed by atoms with E-state index in [4.69, 9.17) is 9.47 Å². The van der Waals surface area contributed by atoms with Gasteiger partial charge in [0.15, 0.2) is 0 Å². The molecule has 2 nitrogen and oxygen atoms in total. The third-order valence-corrected chi connectivity index (χ3v) is 11.4. The van der Waals surface area contributed by atoms with E-state index in [-0.39, 0.29) is 19.2 Å². The summed E-state index contributed by atoms with van der Waals surface area (Å²) in [6.07, 6.45) is 23.3. The second kappa shape index (κ2) is 9.80. The Balaban J connectivity index is 1.79. The van der Waals surface area contributed by atoms with Gasteiger partial charge in [-0.3, -0.25) is 0 Å². The lowest BCUT2D eigenvalue weighted by atomic mass is 9.88. The van der Waals surface area contributed by atoms with Crippen LogP contribution in [0.4, 0.5) is 0 Å². The topological polar surface area (TPSA) is 18.5 Å². The smallest absolute Gasteiger partial charge is 0.122 e. The first kappa shape index (κ1) is 21.1. The molecule has 2 fully saturated rings. The van der Waals surface area contributed by atoms with Crippen molar-refractivity contribution in [3.8, 4) is 5.75 Å². The largest absolute Gasteiger partial charge is 0.496 e. The van der Waals surface area contributed by atoms with Gasteiger partial charge in [0.25, 0.3) is 0 Å². The van der Waals surface area contributed by atoms with Crippen molar-refractivity contribution in [3.63, 3.8) is 0 Å². The fraction of sp³-hybridized carbons (Fsp3) is 0.615. The van der Waals surface area contributed by atoms with Crippen molar-refractivity contribution < 1.29 is 9.47 Å². The SMILES string of the molecule is COc1ccccc1C1C=CC=CC1(OC)P(C1CCCCC1)C1CCCCC1. The molecular weight excluding hydrogens is 375 g/mol. The maximum Gasteiger partial charge on any atom is 0.122 e. The molecule has 3 aliphatic carbocycles. The number of hydrogen-bond acceptors (Lipinski definition) is 2.